The fourth-order valence-electron chi connectivity index (χ4n) is 2.96. The van der Waals surface area contributed by atoms with Gasteiger partial charge in [0.2, 0.25) is 5.95 Å². The molecule has 0 unspecified atom stereocenters. The number of rotatable bonds is 7. The maximum absolute atomic E-state index is 11.4. The number of nitrogens with one attached hydrogen (secondary N) is 2. The Balaban J connectivity index is 1.68. The molecule has 0 fully saturated rings. The number of benzene rings is 2. The molecule has 1 amide bonds. The normalized spacial score (nSPS) is 11.1. The number of carbonyl (C=O) groups is 1. The Morgan fingerprint density at radius 3 is 2.76 bits per heavy atom. The lowest BCUT2D eigenvalue weighted by atomic mass is 10.1. The van der Waals surface area contributed by atoms with E-state index in [0.717, 1.165) is 32.4 Å². The summed E-state index contributed by atoms with van der Waals surface area (Å²) in [5, 5.41) is 16.8. The Hall–Kier alpha value is -3.30. The first-order valence-corrected chi connectivity index (χ1v) is 9.96. The SMILES string of the molecule is Cc1ccc2nc(Nc3ccc4nc(C(N)=O)sc4c3)nc(NCCCO)c2c1. The molecule has 148 valence electrons. The van der Waals surface area contributed by atoms with E-state index in [2.05, 4.69) is 25.6 Å². The van der Waals surface area contributed by atoms with E-state index in [1.54, 1.807) is 0 Å². The molecule has 0 saturated carbocycles. The second-order valence-electron chi connectivity index (χ2n) is 6.61. The zero-order valence-electron chi connectivity index (χ0n) is 15.8. The van der Waals surface area contributed by atoms with Crippen LogP contribution in [0.1, 0.15) is 21.8 Å². The van der Waals surface area contributed by atoms with Gasteiger partial charge in [0.25, 0.3) is 5.91 Å². The number of aliphatic hydroxyl groups is 1. The standard InChI is InChI=1S/C20H20N6O2S/c1-11-3-5-14-13(9-11)18(22-7-2-8-27)26-20(25-14)23-12-4-6-15-16(10-12)29-19(24-15)17(21)28/h3-6,9-10,27H,2,7-8H2,1H3,(H2,21,28)(H2,22,23,25,26). The molecule has 2 aromatic carbocycles. The van der Waals surface area contributed by atoms with Gasteiger partial charge < -0.3 is 21.5 Å². The number of aromatic nitrogens is 3. The highest BCUT2D eigenvalue weighted by Crippen LogP contribution is 2.28. The molecule has 4 aromatic rings. The van der Waals surface area contributed by atoms with Crippen molar-refractivity contribution in [1.82, 2.24) is 15.0 Å². The van der Waals surface area contributed by atoms with Gasteiger partial charge >= 0.3 is 0 Å². The van der Waals surface area contributed by atoms with Crippen LogP contribution in [0.15, 0.2) is 36.4 Å². The minimum absolute atomic E-state index is 0.113. The molecule has 0 aliphatic rings. The summed E-state index contributed by atoms with van der Waals surface area (Å²) in [5.74, 6) is 0.629. The van der Waals surface area contributed by atoms with Crippen LogP contribution in [0, 0.1) is 6.92 Å². The van der Waals surface area contributed by atoms with Crippen molar-refractivity contribution >= 4 is 55.8 Å². The quantitative estimate of drug-likeness (QED) is 0.346. The van der Waals surface area contributed by atoms with Crippen LogP contribution in [0.4, 0.5) is 17.5 Å². The molecule has 5 N–H and O–H groups in total. The minimum atomic E-state index is -0.535. The van der Waals surface area contributed by atoms with Crippen molar-refractivity contribution in [3.8, 4) is 0 Å². The van der Waals surface area contributed by atoms with Crippen molar-refractivity contribution < 1.29 is 9.90 Å². The molecule has 29 heavy (non-hydrogen) atoms. The number of hydrogen-bond donors (Lipinski definition) is 4. The molecule has 9 heteroatoms. The molecule has 0 aliphatic carbocycles. The number of primary amides is 1. The largest absolute Gasteiger partial charge is 0.396 e. The van der Waals surface area contributed by atoms with Crippen LogP contribution in [0.3, 0.4) is 0 Å². The van der Waals surface area contributed by atoms with Gasteiger partial charge in [-0.2, -0.15) is 4.98 Å². The fourth-order valence-corrected chi connectivity index (χ4v) is 3.81. The lowest BCUT2D eigenvalue weighted by Crippen LogP contribution is -2.09. The molecule has 0 bridgehead atoms. The van der Waals surface area contributed by atoms with E-state index in [1.165, 1.54) is 11.3 Å². The number of aryl methyl sites for hydroxylation is 1. The second-order valence-corrected chi connectivity index (χ2v) is 7.64. The van der Waals surface area contributed by atoms with Crippen molar-refractivity contribution in [2.45, 2.75) is 13.3 Å². The number of aliphatic hydroxyl groups excluding tert-OH is 1. The summed E-state index contributed by atoms with van der Waals surface area (Å²) >= 11 is 1.25. The average molecular weight is 408 g/mol. The molecule has 2 heterocycles. The number of nitrogens with two attached hydrogens (primary N) is 1. The minimum Gasteiger partial charge on any atom is -0.396 e. The third-order valence-electron chi connectivity index (χ3n) is 4.33. The molecule has 0 spiro atoms. The number of carbonyl (C=O) groups excluding carboxylic acids is 1. The topological polar surface area (TPSA) is 126 Å². The van der Waals surface area contributed by atoms with Crippen LogP contribution in [0.2, 0.25) is 0 Å². The zero-order valence-corrected chi connectivity index (χ0v) is 16.6. The smallest absolute Gasteiger partial charge is 0.277 e. The van der Waals surface area contributed by atoms with E-state index in [0.29, 0.717) is 24.7 Å². The molecule has 8 nitrogen and oxygen atoms in total. The number of thiazole rings is 1. The van der Waals surface area contributed by atoms with Gasteiger partial charge in [0.15, 0.2) is 5.01 Å². The Morgan fingerprint density at radius 2 is 1.97 bits per heavy atom. The van der Waals surface area contributed by atoms with E-state index in [9.17, 15) is 4.79 Å². The molecule has 2 aromatic heterocycles. The van der Waals surface area contributed by atoms with Gasteiger partial charge in [-0.1, -0.05) is 11.6 Å². The van der Waals surface area contributed by atoms with Gasteiger partial charge in [-0.25, -0.2) is 9.97 Å². The van der Waals surface area contributed by atoms with Crippen LogP contribution < -0.4 is 16.4 Å². The van der Waals surface area contributed by atoms with E-state index >= 15 is 0 Å². The van der Waals surface area contributed by atoms with Crippen LogP contribution >= 0.6 is 11.3 Å². The molecular weight excluding hydrogens is 388 g/mol. The fraction of sp³-hybridized carbons (Fsp3) is 0.200. The van der Waals surface area contributed by atoms with Gasteiger partial charge in [0, 0.05) is 24.2 Å². The number of hydrogen-bond acceptors (Lipinski definition) is 8. The van der Waals surface area contributed by atoms with Crippen molar-refractivity contribution in [2.24, 2.45) is 5.73 Å². The predicted molar refractivity (Wildman–Crippen MR) is 116 cm³/mol. The molecule has 0 radical (unpaired) electrons. The van der Waals surface area contributed by atoms with Crippen LogP contribution in [0.5, 0.6) is 0 Å². The number of fused-ring (bicyclic) bond motifs is 2. The highest BCUT2D eigenvalue weighted by molar-refractivity contribution is 7.20. The van der Waals surface area contributed by atoms with Crippen molar-refractivity contribution in [3.05, 3.63) is 47.0 Å². The van der Waals surface area contributed by atoms with Crippen LogP contribution in [0.25, 0.3) is 21.1 Å². The maximum atomic E-state index is 11.4. The summed E-state index contributed by atoms with van der Waals surface area (Å²) in [6, 6.07) is 11.6. The lowest BCUT2D eigenvalue weighted by molar-refractivity contribution is 0.1000. The number of nitrogens with zero attached hydrogens (tertiary/aromatic N) is 3. The Morgan fingerprint density at radius 1 is 1.14 bits per heavy atom. The van der Waals surface area contributed by atoms with Gasteiger partial charge in [-0.05, 0) is 43.7 Å². The molecule has 0 aliphatic heterocycles. The molecule has 4 rings (SSSR count). The van der Waals surface area contributed by atoms with Crippen molar-refractivity contribution in [1.29, 1.82) is 0 Å². The lowest BCUT2D eigenvalue weighted by Gasteiger charge is -2.12. The average Bonchev–Trinajstić information content (AvgIpc) is 3.12. The third-order valence-corrected chi connectivity index (χ3v) is 5.37. The van der Waals surface area contributed by atoms with E-state index < -0.39 is 5.91 Å². The van der Waals surface area contributed by atoms with Gasteiger partial charge in [-0.15, -0.1) is 11.3 Å². The van der Waals surface area contributed by atoms with E-state index in [4.69, 9.17) is 10.8 Å². The highest BCUT2D eigenvalue weighted by atomic mass is 32.1. The molecule has 0 atom stereocenters. The summed E-state index contributed by atoms with van der Waals surface area (Å²) in [5.41, 5.74) is 8.75. The Kier molecular flexibility index (Phi) is 5.24. The second kappa shape index (κ2) is 7.98. The Labute approximate surface area is 170 Å². The summed E-state index contributed by atoms with van der Waals surface area (Å²) in [7, 11) is 0. The van der Waals surface area contributed by atoms with Crippen molar-refractivity contribution in [2.75, 3.05) is 23.8 Å². The third kappa shape index (κ3) is 4.10. The highest BCUT2D eigenvalue weighted by Gasteiger charge is 2.11. The summed E-state index contributed by atoms with van der Waals surface area (Å²) in [6.45, 7) is 2.74. The first-order valence-electron chi connectivity index (χ1n) is 9.14. The number of anilines is 3. The van der Waals surface area contributed by atoms with E-state index in [1.807, 2.05) is 43.3 Å². The van der Waals surface area contributed by atoms with Gasteiger partial charge in [0.05, 0.1) is 15.7 Å². The van der Waals surface area contributed by atoms with Crippen molar-refractivity contribution in [3.63, 3.8) is 0 Å². The molecule has 0 saturated heterocycles. The predicted octanol–water partition coefficient (Wildman–Crippen LogP) is 3.18. The first kappa shape index (κ1) is 19.0. The summed E-state index contributed by atoms with van der Waals surface area (Å²) < 4.78 is 0.849. The Bertz CT molecular complexity index is 1210. The van der Waals surface area contributed by atoms with Crippen LogP contribution in [-0.2, 0) is 0 Å². The van der Waals surface area contributed by atoms with Gasteiger partial charge in [-0.3, -0.25) is 4.79 Å². The number of amides is 1. The van der Waals surface area contributed by atoms with E-state index in [-0.39, 0.29) is 11.6 Å². The summed E-state index contributed by atoms with van der Waals surface area (Å²) in [6.07, 6.45) is 0.629. The monoisotopic (exact) mass is 408 g/mol. The summed E-state index contributed by atoms with van der Waals surface area (Å²) in [4.78, 5) is 24.8. The molecular formula is C20H20N6O2S. The first-order chi connectivity index (χ1) is 14.0. The maximum Gasteiger partial charge on any atom is 0.277 e. The van der Waals surface area contributed by atoms with Gasteiger partial charge in [0.1, 0.15) is 5.82 Å². The zero-order chi connectivity index (χ0) is 20.4. The van der Waals surface area contributed by atoms with Crippen LogP contribution in [-0.4, -0.2) is 39.1 Å².